The van der Waals surface area contributed by atoms with E-state index >= 15 is 0 Å². The number of rotatable bonds is 3. The number of benzene rings is 1. The van der Waals surface area contributed by atoms with Gasteiger partial charge in [0.1, 0.15) is 5.69 Å². The summed E-state index contributed by atoms with van der Waals surface area (Å²) >= 11 is 6.38. The molecule has 0 radical (unpaired) electrons. The van der Waals surface area contributed by atoms with Gasteiger partial charge in [0, 0.05) is 24.2 Å². The van der Waals surface area contributed by atoms with Gasteiger partial charge in [0.25, 0.3) is 0 Å². The van der Waals surface area contributed by atoms with Crippen LogP contribution < -0.4 is 11.1 Å². The number of hydrogen-bond donors (Lipinski definition) is 3. The molecule has 0 unspecified atom stereocenters. The number of nitrogens with zero attached hydrogens (tertiary/aromatic N) is 5. The molecular weight excluding hydrogens is 340 g/mol. The van der Waals surface area contributed by atoms with Crippen LogP contribution in [-0.4, -0.2) is 37.0 Å². The Kier molecular flexibility index (Phi) is 3.54. The fraction of sp³-hybridized carbons (Fsp3) is 0.125. The molecule has 0 amide bonds. The van der Waals surface area contributed by atoms with E-state index in [1.807, 2.05) is 31.3 Å². The number of nitrogens with one attached hydrogen (secondary N) is 2. The Bertz CT molecular complexity index is 1080. The fourth-order valence-electron chi connectivity index (χ4n) is 2.66. The van der Waals surface area contributed by atoms with E-state index in [2.05, 4.69) is 30.6 Å². The molecule has 8 nitrogen and oxygen atoms in total. The lowest BCUT2D eigenvalue weighted by Crippen LogP contribution is -2.09. The van der Waals surface area contributed by atoms with Crippen molar-refractivity contribution in [2.24, 2.45) is 0 Å². The molecule has 0 spiro atoms. The molecule has 1 aromatic carbocycles. The minimum atomic E-state index is 0.296. The largest absolute Gasteiger partial charge is 0.381 e. The Labute approximate surface area is 148 Å². The summed E-state index contributed by atoms with van der Waals surface area (Å²) in [6, 6.07) is 5.66. The number of aromatic amines is 1. The first kappa shape index (κ1) is 15.4. The molecule has 0 aliphatic rings. The first-order valence-corrected chi connectivity index (χ1v) is 7.95. The average molecular weight is 355 g/mol. The van der Waals surface area contributed by atoms with Gasteiger partial charge >= 0.3 is 0 Å². The topological polar surface area (TPSA) is 110 Å². The lowest BCUT2D eigenvalue weighted by Gasteiger charge is -2.13. The van der Waals surface area contributed by atoms with Gasteiger partial charge in [0.05, 0.1) is 22.4 Å². The smallest absolute Gasteiger partial charge is 0.182 e. The number of fused-ring (bicyclic) bond motifs is 1. The van der Waals surface area contributed by atoms with Crippen LogP contribution in [0.5, 0.6) is 0 Å². The minimum Gasteiger partial charge on any atom is -0.381 e. The molecule has 9 heteroatoms. The molecule has 0 aliphatic carbocycles. The Morgan fingerprint density at radius 2 is 2.12 bits per heavy atom. The highest BCUT2D eigenvalue weighted by molar-refractivity contribution is 6.35. The number of aromatic nitrogens is 6. The van der Waals surface area contributed by atoms with Crippen LogP contribution in [0.25, 0.3) is 28.0 Å². The van der Waals surface area contributed by atoms with Crippen LogP contribution in [0.15, 0.2) is 30.6 Å². The van der Waals surface area contributed by atoms with Crippen molar-refractivity contribution in [3.8, 4) is 17.1 Å². The molecule has 4 aromatic rings. The predicted octanol–water partition coefficient (Wildman–Crippen LogP) is 2.79. The molecule has 0 saturated carbocycles. The number of halogens is 1. The number of anilines is 2. The van der Waals surface area contributed by atoms with Gasteiger partial charge in [-0.15, -0.1) is 0 Å². The second-order valence-corrected chi connectivity index (χ2v) is 5.98. The number of H-pyrrole nitrogens is 1. The van der Waals surface area contributed by atoms with Gasteiger partial charge in [0.2, 0.25) is 0 Å². The third-order valence-electron chi connectivity index (χ3n) is 3.85. The van der Waals surface area contributed by atoms with Crippen molar-refractivity contribution in [1.29, 1.82) is 0 Å². The Morgan fingerprint density at radius 1 is 1.28 bits per heavy atom. The highest BCUT2D eigenvalue weighted by Crippen LogP contribution is 2.32. The second-order valence-electron chi connectivity index (χ2n) is 5.57. The van der Waals surface area contributed by atoms with E-state index < -0.39 is 0 Å². The van der Waals surface area contributed by atoms with Crippen LogP contribution in [0.1, 0.15) is 5.69 Å². The van der Waals surface area contributed by atoms with Crippen molar-refractivity contribution >= 4 is 34.1 Å². The Hall–Kier alpha value is -3.13. The minimum absolute atomic E-state index is 0.296. The van der Waals surface area contributed by atoms with Crippen LogP contribution in [0, 0.1) is 6.92 Å². The van der Waals surface area contributed by atoms with E-state index in [0.717, 1.165) is 22.2 Å². The second kappa shape index (κ2) is 5.75. The average Bonchev–Trinajstić information content (AvgIpc) is 3.23. The maximum absolute atomic E-state index is 6.38. The summed E-state index contributed by atoms with van der Waals surface area (Å²) in [5, 5.41) is 15.7. The van der Waals surface area contributed by atoms with Gasteiger partial charge in [-0.05, 0) is 25.1 Å². The predicted molar refractivity (Wildman–Crippen MR) is 97.9 cm³/mol. The quantitative estimate of drug-likeness (QED) is 0.521. The van der Waals surface area contributed by atoms with Crippen molar-refractivity contribution in [2.45, 2.75) is 6.92 Å². The van der Waals surface area contributed by atoms with Crippen molar-refractivity contribution in [3.63, 3.8) is 0 Å². The summed E-state index contributed by atoms with van der Waals surface area (Å²) in [4.78, 5) is 9.12. The zero-order valence-corrected chi connectivity index (χ0v) is 14.3. The van der Waals surface area contributed by atoms with Gasteiger partial charge < -0.3 is 11.1 Å². The fourth-order valence-corrected chi connectivity index (χ4v) is 2.93. The molecule has 25 heavy (non-hydrogen) atoms. The Balaban J connectivity index is 2.00. The number of hydrogen-bond acceptors (Lipinski definition) is 6. The number of nitrogen functional groups attached to an aromatic ring is 1. The van der Waals surface area contributed by atoms with E-state index in [-0.39, 0.29) is 0 Å². The van der Waals surface area contributed by atoms with Crippen LogP contribution in [0.3, 0.4) is 0 Å². The Morgan fingerprint density at radius 3 is 2.84 bits per heavy atom. The van der Waals surface area contributed by atoms with Crippen LogP contribution in [-0.2, 0) is 0 Å². The number of nitrogens with two attached hydrogens (primary N) is 1. The van der Waals surface area contributed by atoms with E-state index in [4.69, 9.17) is 17.3 Å². The molecule has 0 fully saturated rings. The van der Waals surface area contributed by atoms with Crippen molar-refractivity contribution in [3.05, 3.63) is 41.3 Å². The van der Waals surface area contributed by atoms with Crippen LogP contribution in [0.4, 0.5) is 11.6 Å². The van der Waals surface area contributed by atoms with Crippen LogP contribution in [0.2, 0.25) is 5.02 Å². The van der Waals surface area contributed by atoms with Crippen LogP contribution >= 0.6 is 11.6 Å². The molecule has 4 rings (SSSR count). The molecular formula is C16H15ClN8. The maximum atomic E-state index is 6.38. The summed E-state index contributed by atoms with van der Waals surface area (Å²) in [5.41, 5.74) is 9.07. The first-order chi connectivity index (χ1) is 12.1. The highest BCUT2D eigenvalue weighted by atomic mass is 35.5. The monoisotopic (exact) mass is 354 g/mol. The molecule has 0 saturated heterocycles. The van der Waals surface area contributed by atoms with E-state index in [9.17, 15) is 0 Å². The van der Waals surface area contributed by atoms with Gasteiger partial charge in [-0.25, -0.2) is 14.6 Å². The van der Waals surface area contributed by atoms with Crippen molar-refractivity contribution in [1.82, 2.24) is 29.9 Å². The van der Waals surface area contributed by atoms with Crippen molar-refractivity contribution in [2.75, 3.05) is 18.1 Å². The summed E-state index contributed by atoms with van der Waals surface area (Å²) in [6.07, 6.45) is 3.53. The zero-order chi connectivity index (χ0) is 17.6. The van der Waals surface area contributed by atoms with Gasteiger partial charge in [0.15, 0.2) is 17.5 Å². The molecule has 0 atom stereocenters. The standard InChI is InChI=1S/C16H15ClN8/c1-8-3-4-25(24-8)16-13(21-15(19-2)14(18)22-16)9-5-10-7-20-23-12(10)11(17)6-9/h3-7H,1-2H3,(H2,18,22)(H,19,21)(H,20,23). The van der Waals surface area contributed by atoms with Gasteiger partial charge in [-0.3, -0.25) is 5.10 Å². The normalized spacial score (nSPS) is 11.2. The molecule has 0 aliphatic heterocycles. The van der Waals surface area contributed by atoms with E-state index in [1.165, 1.54) is 0 Å². The lowest BCUT2D eigenvalue weighted by molar-refractivity contribution is 0.830. The maximum Gasteiger partial charge on any atom is 0.182 e. The zero-order valence-electron chi connectivity index (χ0n) is 13.6. The van der Waals surface area contributed by atoms with E-state index in [0.29, 0.717) is 28.2 Å². The summed E-state index contributed by atoms with van der Waals surface area (Å²) in [7, 11) is 1.74. The summed E-state index contributed by atoms with van der Waals surface area (Å²) < 4.78 is 1.65. The molecule has 4 N–H and O–H groups in total. The van der Waals surface area contributed by atoms with Gasteiger partial charge in [-0.1, -0.05) is 11.6 Å². The highest BCUT2D eigenvalue weighted by Gasteiger charge is 2.17. The van der Waals surface area contributed by atoms with E-state index in [1.54, 1.807) is 17.9 Å². The van der Waals surface area contributed by atoms with Crippen molar-refractivity contribution < 1.29 is 0 Å². The summed E-state index contributed by atoms with van der Waals surface area (Å²) in [6.45, 7) is 1.91. The molecule has 3 aromatic heterocycles. The number of aryl methyl sites for hydroxylation is 1. The third kappa shape index (κ3) is 2.56. The molecule has 0 bridgehead atoms. The molecule has 3 heterocycles. The van der Waals surface area contributed by atoms with Gasteiger partial charge in [-0.2, -0.15) is 10.2 Å². The first-order valence-electron chi connectivity index (χ1n) is 7.57. The SMILES string of the molecule is CNc1nc(-c2cc(Cl)c3[nH]ncc3c2)c(-n2ccc(C)n2)nc1N. The lowest BCUT2D eigenvalue weighted by atomic mass is 10.1. The third-order valence-corrected chi connectivity index (χ3v) is 4.15. The summed E-state index contributed by atoms with van der Waals surface area (Å²) in [5.74, 6) is 1.32. The molecule has 126 valence electrons.